The molecule has 0 atom stereocenters. The van der Waals surface area contributed by atoms with Gasteiger partial charge in [0.2, 0.25) is 5.91 Å². The maximum atomic E-state index is 11.1. The number of nitrogens with two attached hydrogens (primary N) is 1. The molecule has 2 fully saturated rings. The van der Waals surface area contributed by atoms with E-state index < -0.39 is 0 Å². The van der Waals surface area contributed by atoms with Gasteiger partial charge in [0.05, 0.1) is 23.9 Å². The van der Waals surface area contributed by atoms with Crippen LogP contribution in [0.3, 0.4) is 0 Å². The van der Waals surface area contributed by atoms with Crippen molar-refractivity contribution in [2.45, 2.75) is 56.9 Å². The quantitative estimate of drug-likeness (QED) is 0.853. The van der Waals surface area contributed by atoms with E-state index in [0.717, 1.165) is 5.69 Å². The molecule has 0 unspecified atom stereocenters. The van der Waals surface area contributed by atoms with E-state index in [4.69, 9.17) is 5.73 Å². The smallest absolute Gasteiger partial charge is 0.223 e. The first kappa shape index (κ1) is 10.7. The van der Waals surface area contributed by atoms with Gasteiger partial charge in [0.15, 0.2) is 0 Å². The van der Waals surface area contributed by atoms with E-state index in [1.54, 1.807) is 0 Å². The van der Waals surface area contributed by atoms with Crippen molar-refractivity contribution in [3.8, 4) is 0 Å². The highest BCUT2D eigenvalue weighted by molar-refractivity contribution is 5.76. The Kier molecular flexibility index (Phi) is 2.61. The predicted octanol–water partition coefficient (Wildman–Crippen LogP) is 1.30. The van der Waals surface area contributed by atoms with Crippen molar-refractivity contribution in [1.29, 1.82) is 0 Å². The van der Waals surface area contributed by atoms with Crippen LogP contribution in [-0.2, 0) is 11.2 Å². The van der Waals surface area contributed by atoms with Crippen molar-refractivity contribution in [2.75, 3.05) is 0 Å². The van der Waals surface area contributed by atoms with Gasteiger partial charge >= 0.3 is 0 Å². The van der Waals surface area contributed by atoms with Crippen LogP contribution in [0.2, 0.25) is 0 Å². The van der Waals surface area contributed by atoms with Gasteiger partial charge in [0, 0.05) is 5.92 Å². The highest BCUT2D eigenvalue weighted by Gasteiger charge is 2.33. The summed E-state index contributed by atoms with van der Waals surface area (Å²) in [5.41, 5.74) is 7.29. The lowest BCUT2D eigenvalue weighted by Gasteiger charge is -2.12. The topological polar surface area (TPSA) is 73.8 Å². The zero-order valence-corrected chi connectivity index (χ0v) is 9.93. The Labute approximate surface area is 100 Å². The second-order valence-corrected chi connectivity index (χ2v) is 5.22. The number of rotatable bonds is 4. The molecule has 0 bridgehead atoms. The third-order valence-corrected chi connectivity index (χ3v) is 3.78. The summed E-state index contributed by atoms with van der Waals surface area (Å²) in [6, 6.07) is 0.528. The van der Waals surface area contributed by atoms with Gasteiger partial charge in [-0.1, -0.05) is 18.1 Å². The standard InChI is InChI=1S/C12H18N4O/c13-11(17)7-10-12(8-3-1-2-4-8)16(15-14-10)9-5-6-9/h8-9H,1-7H2,(H2,13,17). The van der Waals surface area contributed by atoms with Gasteiger partial charge in [0.25, 0.3) is 0 Å². The van der Waals surface area contributed by atoms with Crippen LogP contribution in [0.15, 0.2) is 0 Å². The lowest BCUT2D eigenvalue weighted by Crippen LogP contribution is -2.16. The first-order chi connectivity index (χ1) is 8.25. The molecule has 92 valence electrons. The van der Waals surface area contributed by atoms with Gasteiger partial charge in [-0.15, -0.1) is 5.10 Å². The number of hydrogen-bond donors (Lipinski definition) is 1. The first-order valence-corrected chi connectivity index (χ1v) is 6.48. The third kappa shape index (κ3) is 2.06. The largest absolute Gasteiger partial charge is 0.369 e. The molecule has 0 aromatic carbocycles. The van der Waals surface area contributed by atoms with Gasteiger partial charge < -0.3 is 5.73 Å². The van der Waals surface area contributed by atoms with Crippen LogP contribution in [0.4, 0.5) is 0 Å². The summed E-state index contributed by atoms with van der Waals surface area (Å²) >= 11 is 0. The third-order valence-electron chi connectivity index (χ3n) is 3.78. The predicted molar refractivity (Wildman–Crippen MR) is 62.4 cm³/mol. The number of carbonyl (C=O) groups excluding carboxylic acids is 1. The Morgan fingerprint density at radius 1 is 1.29 bits per heavy atom. The molecule has 0 aliphatic heterocycles. The van der Waals surface area contributed by atoms with E-state index >= 15 is 0 Å². The van der Waals surface area contributed by atoms with Crippen LogP contribution in [0.5, 0.6) is 0 Å². The van der Waals surface area contributed by atoms with Crippen LogP contribution in [0, 0.1) is 0 Å². The lowest BCUT2D eigenvalue weighted by atomic mass is 10.0. The maximum absolute atomic E-state index is 11.1. The van der Waals surface area contributed by atoms with Crippen LogP contribution in [0.25, 0.3) is 0 Å². The molecular weight excluding hydrogens is 216 g/mol. The fraction of sp³-hybridized carbons (Fsp3) is 0.750. The van der Waals surface area contributed by atoms with Crippen LogP contribution >= 0.6 is 0 Å². The maximum Gasteiger partial charge on any atom is 0.223 e. The summed E-state index contributed by atoms with van der Waals surface area (Å²) in [5.74, 6) is 0.229. The van der Waals surface area contributed by atoms with Crippen LogP contribution in [-0.4, -0.2) is 20.9 Å². The molecule has 0 saturated heterocycles. The minimum atomic E-state index is -0.313. The molecule has 1 aromatic rings. The zero-order chi connectivity index (χ0) is 11.8. The molecule has 1 aromatic heterocycles. The first-order valence-electron chi connectivity index (χ1n) is 6.48. The molecule has 17 heavy (non-hydrogen) atoms. The lowest BCUT2D eigenvalue weighted by molar-refractivity contribution is -0.117. The zero-order valence-electron chi connectivity index (χ0n) is 9.93. The van der Waals surface area contributed by atoms with Gasteiger partial charge in [-0.2, -0.15) is 0 Å². The number of nitrogens with zero attached hydrogens (tertiary/aromatic N) is 3. The van der Waals surface area contributed by atoms with E-state index in [-0.39, 0.29) is 12.3 Å². The SMILES string of the molecule is NC(=O)Cc1nnn(C2CC2)c1C1CCCC1. The van der Waals surface area contributed by atoms with Crippen molar-refractivity contribution in [2.24, 2.45) is 5.73 Å². The molecule has 5 heteroatoms. The second kappa shape index (κ2) is 4.13. The molecule has 2 aliphatic carbocycles. The summed E-state index contributed by atoms with van der Waals surface area (Å²) in [5, 5.41) is 8.41. The van der Waals surface area contributed by atoms with Gasteiger partial charge in [-0.25, -0.2) is 4.68 Å². The van der Waals surface area contributed by atoms with Crippen LogP contribution in [0.1, 0.15) is 61.9 Å². The van der Waals surface area contributed by atoms with E-state index in [1.807, 2.05) is 0 Å². The van der Waals surface area contributed by atoms with Crippen molar-refractivity contribution in [3.05, 3.63) is 11.4 Å². The summed E-state index contributed by atoms with van der Waals surface area (Å²) in [4.78, 5) is 11.1. The molecule has 2 saturated carbocycles. The Balaban J connectivity index is 1.93. The number of carbonyl (C=O) groups is 1. The molecule has 0 radical (unpaired) electrons. The average Bonchev–Trinajstić information content (AvgIpc) is 2.84. The molecule has 5 nitrogen and oxygen atoms in total. The number of amides is 1. The van der Waals surface area contributed by atoms with Gasteiger partial charge in [0.1, 0.15) is 0 Å². The van der Waals surface area contributed by atoms with Crippen LogP contribution < -0.4 is 5.73 Å². The van der Waals surface area contributed by atoms with Crippen molar-refractivity contribution < 1.29 is 4.79 Å². The van der Waals surface area contributed by atoms with E-state index in [9.17, 15) is 4.79 Å². The summed E-state index contributed by atoms with van der Waals surface area (Å²) in [6.45, 7) is 0. The monoisotopic (exact) mass is 234 g/mol. The molecule has 1 heterocycles. The Morgan fingerprint density at radius 3 is 2.59 bits per heavy atom. The molecular formula is C12H18N4O. The second-order valence-electron chi connectivity index (χ2n) is 5.22. The van der Waals surface area contributed by atoms with Crippen molar-refractivity contribution in [1.82, 2.24) is 15.0 Å². The normalized spacial score (nSPS) is 20.9. The van der Waals surface area contributed by atoms with Crippen molar-refractivity contribution in [3.63, 3.8) is 0 Å². The van der Waals surface area contributed by atoms with E-state index in [1.165, 1.54) is 44.2 Å². The Bertz CT molecular complexity index is 430. The molecule has 3 rings (SSSR count). The molecule has 2 aliphatic rings. The fourth-order valence-corrected chi connectivity index (χ4v) is 2.84. The Morgan fingerprint density at radius 2 is 2.00 bits per heavy atom. The van der Waals surface area contributed by atoms with Gasteiger partial charge in [-0.05, 0) is 25.7 Å². The minimum Gasteiger partial charge on any atom is -0.369 e. The van der Waals surface area contributed by atoms with E-state index in [2.05, 4.69) is 15.0 Å². The summed E-state index contributed by atoms with van der Waals surface area (Å²) in [6.07, 6.45) is 7.57. The van der Waals surface area contributed by atoms with Gasteiger partial charge in [-0.3, -0.25) is 4.79 Å². The summed E-state index contributed by atoms with van der Waals surface area (Å²) < 4.78 is 2.06. The highest BCUT2D eigenvalue weighted by atomic mass is 16.1. The summed E-state index contributed by atoms with van der Waals surface area (Å²) in [7, 11) is 0. The fourth-order valence-electron chi connectivity index (χ4n) is 2.84. The number of hydrogen-bond acceptors (Lipinski definition) is 3. The average molecular weight is 234 g/mol. The molecule has 0 spiro atoms. The van der Waals surface area contributed by atoms with E-state index in [0.29, 0.717) is 12.0 Å². The molecule has 2 N–H and O–H groups in total. The highest BCUT2D eigenvalue weighted by Crippen LogP contribution is 2.41. The molecule has 1 amide bonds. The van der Waals surface area contributed by atoms with Crippen molar-refractivity contribution >= 4 is 5.91 Å². The minimum absolute atomic E-state index is 0.235. The number of primary amides is 1. The number of aromatic nitrogens is 3. The Hall–Kier alpha value is -1.39.